The molecule has 8 nitrogen and oxygen atoms in total. The standard InChI is InChI=1S/C19H23ClN4O4/c1-11-6-8-13(9-7-11)22-17-15(27-12(2)25)16(20)23-14(24-17)10-21-18(26)28-19(3,4)5/h6-9H,10H2,1-5H3,(H,21,26)(H,22,23,24). The molecule has 2 aromatic rings. The van der Waals surface area contributed by atoms with Gasteiger partial charge in [0.1, 0.15) is 5.60 Å². The number of benzene rings is 1. The van der Waals surface area contributed by atoms with E-state index in [4.69, 9.17) is 21.1 Å². The van der Waals surface area contributed by atoms with E-state index in [1.54, 1.807) is 20.8 Å². The summed E-state index contributed by atoms with van der Waals surface area (Å²) in [5.41, 5.74) is 1.19. The van der Waals surface area contributed by atoms with E-state index in [1.165, 1.54) is 6.92 Å². The van der Waals surface area contributed by atoms with Gasteiger partial charge in [0.05, 0.1) is 6.54 Å². The summed E-state index contributed by atoms with van der Waals surface area (Å²) >= 11 is 6.18. The lowest BCUT2D eigenvalue weighted by atomic mass is 10.2. The lowest BCUT2D eigenvalue weighted by Gasteiger charge is -2.19. The zero-order chi connectivity index (χ0) is 20.9. The molecule has 1 amide bonds. The van der Waals surface area contributed by atoms with Crippen molar-refractivity contribution in [3.63, 3.8) is 0 Å². The Labute approximate surface area is 168 Å². The van der Waals surface area contributed by atoms with Crippen LogP contribution in [-0.4, -0.2) is 27.6 Å². The van der Waals surface area contributed by atoms with Gasteiger partial charge in [0.15, 0.2) is 16.8 Å². The summed E-state index contributed by atoms with van der Waals surface area (Å²) in [4.78, 5) is 31.6. The number of esters is 1. The van der Waals surface area contributed by atoms with E-state index in [-0.39, 0.29) is 29.1 Å². The topological polar surface area (TPSA) is 102 Å². The van der Waals surface area contributed by atoms with E-state index in [9.17, 15) is 9.59 Å². The molecule has 0 aliphatic rings. The summed E-state index contributed by atoms with van der Waals surface area (Å²) in [5.74, 6) is -0.116. The van der Waals surface area contributed by atoms with Crippen LogP contribution < -0.4 is 15.4 Å². The largest absolute Gasteiger partial charge is 0.444 e. The van der Waals surface area contributed by atoms with Gasteiger partial charge in [-0.25, -0.2) is 14.8 Å². The number of hydrogen-bond donors (Lipinski definition) is 2. The van der Waals surface area contributed by atoms with E-state index in [0.717, 1.165) is 11.3 Å². The van der Waals surface area contributed by atoms with Crippen molar-refractivity contribution in [2.45, 2.75) is 46.8 Å². The lowest BCUT2D eigenvalue weighted by molar-refractivity contribution is -0.131. The van der Waals surface area contributed by atoms with Crippen LogP contribution in [0.5, 0.6) is 5.75 Å². The summed E-state index contributed by atoms with van der Waals surface area (Å²) in [6.07, 6.45) is -0.607. The van der Waals surface area contributed by atoms with E-state index in [2.05, 4.69) is 20.6 Å². The molecule has 150 valence electrons. The second kappa shape index (κ2) is 8.88. The van der Waals surface area contributed by atoms with Crippen LogP contribution in [0.4, 0.5) is 16.3 Å². The van der Waals surface area contributed by atoms with Crippen LogP contribution in [0.3, 0.4) is 0 Å². The van der Waals surface area contributed by atoms with Gasteiger partial charge >= 0.3 is 12.1 Å². The van der Waals surface area contributed by atoms with Gasteiger partial charge in [0.25, 0.3) is 0 Å². The molecule has 0 aliphatic carbocycles. The van der Waals surface area contributed by atoms with Gasteiger partial charge in [-0.2, -0.15) is 0 Å². The predicted octanol–water partition coefficient (Wildman–Crippen LogP) is 4.13. The molecule has 0 spiro atoms. The number of hydrogen-bond acceptors (Lipinski definition) is 7. The number of carbonyl (C=O) groups is 2. The fourth-order valence-electron chi connectivity index (χ4n) is 2.10. The number of aromatic nitrogens is 2. The number of nitrogens with one attached hydrogen (secondary N) is 2. The minimum Gasteiger partial charge on any atom is -0.444 e. The molecule has 1 heterocycles. The minimum absolute atomic E-state index is 0.00996. The Morgan fingerprint density at radius 3 is 2.36 bits per heavy atom. The molecule has 2 rings (SSSR count). The minimum atomic E-state index is -0.625. The molecule has 0 saturated heterocycles. The molecule has 1 aromatic carbocycles. The molecule has 0 atom stereocenters. The number of amides is 1. The van der Waals surface area contributed by atoms with Gasteiger partial charge in [-0.15, -0.1) is 0 Å². The number of ether oxygens (including phenoxy) is 2. The van der Waals surface area contributed by atoms with Crippen molar-refractivity contribution < 1.29 is 19.1 Å². The Morgan fingerprint density at radius 2 is 1.79 bits per heavy atom. The molecule has 2 N–H and O–H groups in total. The first-order valence-corrected chi connectivity index (χ1v) is 8.96. The predicted molar refractivity (Wildman–Crippen MR) is 106 cm³/mol. The second-order valence-corrected chi connectivity index (χ2v) is 7.41. The first-order chi connectivity index (χ1) is 13.0. The van der Waals surface area contributed by atoms with Gasteiger partial charge in [0, 0.05) is 12.6 Å². The van der Waals surface area contributed by atoms with Crippen LogP contribution in [-0.2, 0) is 16.1 Å². The van der Waals surface area contributed by atoms with Crippen molar-refractivity contribution in [2.24, 2.45) is 0 Å². The van der Waals surface area contributed by atoms with Crippen LogP contribution in [0.1, 0.15) is 39.1 Å². The smallest absolute Gasteiger partial charge is 0.408 e. The van der Waals surface area contributed by atoms with E-state index in [0.29, 0.717) is 0 Å². The second-order valence-electron chi connectivity index (χ2n) is 7.05. The van der Waals surface area contributed by atoms with Gasteiger partial charge in [-0.1, -0.05) is 29.3 Å². The third-order valence-corrected chi connectivity index (χ3v) is 3.48. The molecular formula is C19H23ClN4O4. The van der Waals surface area contributed by atoms with Crippen LogP contribution in [0.25, 0.3) is 0 Å². The summed E-state index contributed by atoms with van der Waals surface area (Å²) in [6, 6.07) is 7.53. The number of nitrogens with zero attached hydrogens (tertiary/aromatic N) is 2. The first kappa shape index (κ1) is 21.4. The Balaban J connectivity index is 2.25. The van der Waals surface area contributed by atoms with Crippen molar-refractivity contribution in [3.8, 4) is 5.75 Å². The normalized spacial score (nSPS) is 10.9. The van der Waals surface area contributed by atoms with E-state index < -0.39 is 17.7 Å². The summed E-state index contributed by atoms with van der Waals surface area (Å²) in [6.45, 7) is 8.49. The maximum Gasteiger partial charge on any atom is 0.408 e. The number of halogens is 1. The molecule has 1 aromatic heterocycles. The molecular weight excluding hydrogens is 384 g/mol. The van der Waals surface area contributed by atoms with Crippen molar-refractivity contribution in [2.75, 3.05) is 5.32 Å². The molecule has 9 heteroatoms. The number of aryl methyl sites for hydroxylation is 1. The SMILES string of the molecule is CC(=O)Oc1c(Cl)nc(CNC(=O)OC(C)(C)C)nc1Nc1ccc(C)cc1. The maximum atomic E-state index is 11.8. The number of anilines is 2. The van der Waals surface area contributed by atoms with Gasteiger partial charge in [0.2, 0.25) is 5.75 Å². The molecule has 0 fully saturated rings. The van der Waals surface area contributed by atoms with Crippen molar-refractivity contribution in [3.05, 3.63) is 40.8 Å². The molecule has 0 radical (unpaired) electrons. The van der Waals surface area contributed by atoms with E-state index >= 15 is 0 Å². The van der Waals surface area contributed by atoms with Crippen molar-refractivity contribution >= 4 is 35.2 Å². The zero-order valence-corrected chi connectivity index (χ0v) is 17.2. The highest BCUT2D eigenvalue weighted by Gasteiger charge is 2.19. The van der Waals surface area contributed by atoms with Crippen molar-refractivity contribution in [1.82, 2.24) is 15.3 Å². The first-order valence-electron chi connectivity index (χ1n) is 8.59. The van der Waals surface area contributed by atoms with Gasteiger partial charge in [-0.05, 0) is 39.8 Å². The lowest BCUT2D eigenvalue weighted by Crippen LogP contribution is -2.32. The monoisotopic (exact) mass is 406 g/mol. The highest BCUT2D eigenvalue weighted by Crippen LogP contribution is 2.32. The summed E-state index contributed by atoms with van der Waals surface area (Å²) in [7, 11) is 0. The van der Waals surface area contributed by atoms with Crippen molar-refractivity contribution in [1.29, 1.82) is 0 Å². The van der Waals surface area contributed by atoms with E-state index in [1.807, 2.05) is 31.2 Å². The highest BCUT2D eigenvalue weighted by molar-refractivity contribution is 6.31. The zero-order valence-electron chi connectivity index (χ0n) is 16.4. The van der Waals surface area contributed by atoms with Gasteiger partial charge < -0.3 is 20.1 Å². The Morgan fingerprint density at radius 1 is 1.14 bits per heavy atom. The summed E-state index contributed by atoms with van der Waals surface area (Å²) < 4.78 is 10.3. The molecule has 0 bridgehead atoms. The maximum absolute atomic E-state index is 11.8. The third kappa shape index (κ3) is 6.70. The quantitative estimate of drug-likeness (QED) is 0.568. The number of rotatable bonds is 5. The third-order valence-electron chi connectivity index (χ3n) is 3.22. The average Bonchev–Trinajstić information content (AvgIpc) is 2.56. The van der Waals surface area contributed by atoms with Crippen LogP contribution >= 0.6 is 11.6 Å². The molecule has 28 heavy (non-hydrogen) atoms. The average molecular weight is 407 g/mol. The number of carbonyl (C=O) groups excluding carboxylic acids is 2. The molecule has 0 aliphatic heterocycles. The molecule has 0 saturated carbocycles. The van der Waals surface area contributed by atoms with Crippen LogP contribution in [0.15, 0.2) is 24.3 Å². The fourth-order valence-corrected chi connectivity index (χ4v) is 2.33. The Bertz CT molecular complexity index is 863. The molecule has 0 unspecified atom stereocenters. The number of alkyl carbamates (subject to hydrolysis) is 1. The van der Waals surface area contributed by atoms with Crippen LogP contribution in [0.2, 0.25) is 5.15 Å². The Kier molecular flexibility index (Phi) is 6.80. The van der Waals surface area contributed by atoms with Crippen LogP contribution in [0, 0.1) is 6.92 Å². The summed E-state index contributed by atoms with van der Waals surface area (Å²) in [5, 5.41) is 5.56. The highest BCUT2D eigenvalue weighted by atomic mass is 35.5. The van der Waals surface area contributed by atoms with Gasteiger partial charge in [-0.3, -0.25) is 4.79 Å². The Hall–Kier alpha value is -2.87. The fraction of sp³-hybridized carbons (Fsp3) is 0.368.